The maximum absolute atomic E-state index is 9.28. The van der Waals surface area contributed by atoms with Crippen LogP contribution in [-0.4, -0.2) is 22.7 Å². The highest BCUT2D eigenvalue weighted by Gasteiger charge is 2.07. The van der Waals surface area contributed by atoms with Crippen molar-refractivity contribution in [1.82, 2.24) is 0 Å². The Kier molecular flexibility index (Phi) is 10.1. The molecule has 0 fully saturated rings. The summed E-state index contributed by atoms with van der Waals surface area (Å²) in [5.41, 5.74) is 0. The Morgan fingerprint density at radius 1 is 1.07 bits per heavy atom. The van der Waals surface area contributed by atoms with Gasteiger partial charge in [-0.3, -0.25) is 0 Å². The fraction of sp³-hybridized carbons (Fsp3) is 1.00. The number of hydrogen-bond acceptors (Lipinski definition) is 2. The highest BCUT2D eigenvalue weighted by molar-refractivity contribution is 7.99. The molecule has 0 aromatic carbocycles. The summed E-state index contributed by atoms with van der Waals surface area (Å²) >= 11 is 2.04. The molecule has 0 bridgehead atoms. The van der Waals surface area contributed by atoms with Gasteiger partial charge in [0.1, 0.15) is 0 Å². The second kappa shape index (κ2) is 9.85. The molecule has 0 aliphatic carbocycles. The number of unbranched alkanes of at least 4 members (excludes halogenated alkanes) is 3. The van der Waals surface area contributed by atoms with E-state index in [4.69, 9.17) is 0 Å². The summed E-state index contributed by atoms with van der Waals surface area (Å²) < 4.78 is 0. The van der Waals surface area contributed by atoms with Gasteiger partial charge in [-0.2, -0.15) is 11.8 Å². The Morgan fingerprint density at radius 2 is 1.79 bits per heavy atom. The second-order valence-corrected chi connectivity index (χ2v) is 5.40. The second-order valence-electron chi connectivity index (χ2n) is 4.18. The van der Waals surface area contributed by atoms with Gasteiger partial charge in [0.2, 0.25) is 0 Å². The van der Waals surface area contributed by atoms with Gasteiger partial charge in [0.15, 0.2) is 0 Å². The molecule has 0 saturated heterocycles. The van der Waals surface area contributed by atoms with Gasteiger partial charge in [0, 0.05) is 0 Å². The highest BCUT2D eigenvalue weighted by atomic mass is 32.2. The average molecular weight is 218 g/mol. The summed E-state index contributed by atoms with van der Waals surface area (Å²) in [6, 6.07) is 0. The number of hydrogen-bond donors (Lipinski definition) is 1. The molecule has 0 aliphatic rings. The molecule has 0 aromatic rings. The molecule has 2 heteroatoms. The first-order chi connectivity index (χ1) is 6.68. The first-order valence-electron chi connectivity index (χ1n) is 5.94. The van der Waals surface area contributed by atoms with Crippen LogP contribution in [0.2, 0.25) is 0 Å². The molecule has 0 saturated carbocycles. The van der Waals surface area contributed by atoms with Crippen LogP contribution >= 0.6 is 11.8 Å². The Labute approximate surface area is 93.7 Å². The topological polar surface area (TPSA) is 20.2 Å². The largest absolute Gasteiger partial charge is 0.393 e. The molecule has 0 heterocycles. The molecular formula is C12H26OS. The number of rotatable bonds is 9. The summed E-state index contributed by atoms with van der Waals surface area (Å²) in [6.45, 7) is 6.26. The number of aliphatic hydroxyl groups excluding tert-OH is 1. The van der Waals surface area contributed by atoms with E-state index in [2.05, 4.69) is 13.8 Å². The molecule has 2 unspecified atom stereocenters. The maximum Gasteiger partial charge on any atom is 0.0537 e. The van der Waals surface area contributed by atoms with E-state index in [0.717, 1.165) is 6.42 Å². The van der Waals surface area contributed by atoms with Crippen LogP contribution in [0, 0.1) is 5.92 Å². The van der Waals surface area contributed by atoms with Crippen LogP contribution in [0.15, 0.2) is 0 Å². The van der Waals surface area contributed by atoms with Crippen LogP contribution in [0.4, 0.5) is 0 Å². The van der Waals surface area contributed by atoms with Crippen molar-refractivity contribution in [2.75, 3.05) is 11.5 Å². The third-order valence-corrected chi connectivity index (χ3v) is 3.79. The van der Waals surface area contributed by atoms with E-state index in [0.29, 0.717) is 5.92 Å². The molecule has 0 amide bonds. The van der Waals surface area contributed by atoms with Crippen molar-refractivity contribution in [2.24, 2.45) is 5.92 Å². The molecule has 0 aromatic heterocycles. The van der Waals surface area contributed by atoms with Crippen molar-refractivity contribution in [2.45, 2.75) is 59.0 Å². The quantitative estimate of drug-likeness (QED) is 0.595. The SMILES string of the molecule is CCCCCCSCCC(C)C(C)O. The molecule has 0 radical (unpaired) electrons. The minimum atomic E-state index is -0.143. The van der Waals surface area contributed by atoms with Crippen LogP contribution in [0.5, 0.6) is 0 Å². The summed E-state index contributed by atoms with van der Waals surface area (Å²) in [5.74, 6) is 2.96. The Bertz CT molecular complexity index is 115. The minimum absolute atomic E-state index is 0.143. The average Bonchev–Trinajstić information content (AvgIpc) is 2.16. The van der Waals surface area contributed by atoms with Crippen LogP contribution < -0.4 is 0 Å². The van der Waals surface area contributed by atoms with E-state index in [-0.39, 0.29) is 6.10 Å². The van der Waals surface area contributed by atoms with E-state index < -0.39 is 0 Å². The molecule has 0 rings (SSSR count). The standard InChI is InChI=1S/C12H26OS/c1-4-5-6-7-9-14-10-8-11(2)12(3)13/h11-13H,4-10H2,1-3H3. The van der Waals surface area contributed by atoms with Gasteiger partial charge in [0.25, 0.3) is 0 Å². The van der Waals surface area contributed by atoms with Gasteiger partial charge in [-0.1, -0.05) is 33.1 Å². The first kappa shape index (κ1) is 14.3. The molecular weight excluding hydrogens is 192 g/mol. The van der Waals surface area contributed by atoms with Crippen molar-refractivity contribution < 1.29 is 5.11 Å². The van der Waals surface area contributed by atoms with Gasteiger partial charge < -0.3 is 5.11 Å². The molecule has 0 aliphatic heterocycles. The van der Waals surface area contributed by atoms with E-state index in [1.165, 1.54) is 37.2 Å². The third-order valence-electron chi connectivity index (χ3n) is 2.68. The van der Waals surface area contributed by atoms with Gasteiger partial charge in [-0.25, -0.2) is 0 Å². The monoisotopic (exact) mass is 218 g/mol. The van der Waals surface area contributed by atoms with Crippen molar-refractivity contribution in [3.63, 3.8) is 0 Å². The highest BCUT2D eigenvalue weighted by Crippen LogP contribution is 2.14. The van der Waals surface area contributed by atoms with E-state index in [1.54, 1.807) is 0 Å². The van der Waals surface area contributed by atoms with Crippen LogP contribution in [-0.2, 0) is 0 Å². The lowest BCUT2D eigenvalue weighted by molar-refractivity contribution is 0.133. The fourth-order valence-electron chi connectivity index (χ4n) is 1.24. The lowest BCUT2D eigenvalue weighted by atomic mass is 10.0. The first-order valence-corrected chi connectivity index (χ1v) is 7.09. The van der Waals surface area contributed by atoms with Gasteiger partial charge >= 0.3 is 0 Å². The molecule has 0 spiro atoms. The van der Waals surface area contributed by atoms with Crippen molar-refractivity contribution in [1.29, 1.82) is 0 Å². The zero-order valence-electron chi connectivity index (χ0n) is 9.96. The third kappa shape index (κ3) is 8.89. The smallest absolute Gasteiger partial charge is 0.0537 e. The van der Waals surface area contributed by atoms with Gasteiger partial charge in [-0.05, 0) is 37.2 Å². The zero-order chi connectivity index (χ0) is 10.8. The Balaban J connectivity index is 3.06. The predicted molar refractivity (Wildman–Crippen MR) is 66.9 cm³/mol. The predicted octanol–water partition coefficient (Wildman–Crippen LogP) is 3.71. The van der Waals surface area contributed by atoms with Crippen molar-refractivity contribution in [3.8, 4) is 0 Å². The van der Waals surface area contributed by atoms with Crippen LogP contribution in [0.1, 0.15) is 52.9 Å². The van der Waals surface area contributed by atoms with E-state index in [9.17, 15) is 5.11 Å². The van der Waals surface area contributed by atoms with E-state index in [1.807, 2.05) is 18.7 Å². The molecule has 14 heavy (non-hydrogen) atoms. The van der Waals surface area contributed by atoms with Crippen molar-refractivity contribution in [3.05, 3.63) is 0 Å². The normalized spacial score (nSPS) is 15.4. The summed E-state index contributed by atoms with van der Waals surface area (Å²) in [7, 11) is 0. The lowest BCUT2D eigenvalue weighted by Gasteiger charge is -2.13. The molecule has 86 valence electrons. The maximum atomic E-state index is 9.28. The summed E-state index contributed by atoms with van der Waals surface area (Å²) in [6.07, 6.45) is 6.46. The molecule has 2 atom stereocenters. The summed E-state index contributed by atoms with van der Waals surface area (Å²) in [5, 5.41) is 9.28. The fourth-order valence-corrected chi connectivity index (χ4v) is 2.39. The van der Waals surface area contributed by atoms with Crippen LogP contribution in [0.3, 0.4) is 0 Å². The summed E-state index contributed by atoms with van der Waals surface area (Å²) in [4.78, 5) is 0. The molecule has 1 nitrogen and oxygen atoms in total. The number of aliphatic hydroxyl groups is 1. The molecule has 1 N–H and O–H groups in total. The lowest BCUT2D eigenvalue weighted by Crippen LogP contribution is -2.13. The van der Waals surface area contributed by atoms with E-state index >= 15 is 0 Å². The van der Waals surface area contributed by atoms with Crippen LogP contribution in [0.25, 0.3) is 0 Å². The van der Waals surface area contributed by atoms with Gasteiger partial charge in [-0.15, -0.1) is 0 Å². The number of thioether (sulfide) groups is 1. The van der Waals surface area contributed by atoms with Gasteiger partial charge in [0.05, 0.1) is 6.10 Å². The minimum Gasteiger partial charge on any atom is -0.393 e. The Hall–Kier alpha value is 0.310. The Morgan fingerprint density at radius 3 is 2.36 bits per heavy atom. The zero-order valence-corrected chi connectivity index (χ0v) is 10.8. The van der Waals surface area contributed by atoms with Crippen molar-refractivity contribution >= 4 is 11.8 Å².